The first kappa shape index (κ1) is 12.9. The lowest BCUT2D eigenvalue weighted by Crippen LogP contribution is -2.48. The van der Waals surface area contributed by atoms with Gasteiger partial charge in [-0.15, -0.1) is 10.2 Å². The molecule has 0 amide bonds. The van der Waals surface area contributed by atoms with Crippen LogP contribution in [0.5, 0.6) is 0 Å². The first-order valence-corrected chi connectivity index (χ1v) is 7.57. The van der Waals surface area contributed by atoms with Crippen molar-refractivity contribution in [3.05, 3.63) is 24.3 Å². The van der Waals surface area contributed by atoms with Crippen molar-refractivity contribution in [3.63, 3.8) is 0 Å². The SMILES string of the molecule is c1ccc2nc(NCC3CN4CCCC4CO3)nnc2c1. The summed E-state index contributed by atoms with van der Waals surface area (Å²) < 4.78 is 5.92. The van der Waals surface area contributed by atoms with Gasteiger partial charge in [0, 0.05) is 19.1 Å². The Balaban J connectivity index is 1.39. The maximum Gasteiger partial charge on any atom is 0.243 e. The Bertz CT molecular complexity index is 634. The maximum absolute atomic E-state index is 5.92. The van der Waals surface area contributed by atoms with Gasteiger partial charge in [0.1, 0.15) is 5.52 Å². The van der Waals surface area contributed by atoms with E-state index in [1.54, 1.807) is 0 Å². The van der Waals surface area contributed by atoms with Crippen molar-refractivity contribution in [2.45, 2.75) is 25.0 Å². The van der Waals surface area contributed by atoms with Crippen LogP contribution in [-0.2, 0) is 4.74 Å². The van der Waals surface area contributed by atoms with E-state index in [2.05, 4.69) is 25.4 Å². The number of hydrogen-bond acceptors (Lipinski definition) is 6. The minimum Gasteiger partial charge on any atom is -0.373 e. The lowest BCUT2D eigenvalue weighted by atomic mass is 10.2. The second-order valence-electron chi connectivity index (χ2n) is 5.75. The predicted octanol–water partition coefficient (Wildman–Crippen LogP) is 1.30. The third-order valence-electron chi connectivity index (χ3n) is 4.31. The Morgan fingerprint density at radius 3 is 3.10 bits per heavy atom. The Kier molecular flexibility index (Phi) is 3.40. The van der Waals surface area contributed by atoms with Crippen molar-refractivity contribution < 1.29 is 4.74 Å². The topological polar surface area (TPSA) is 63.2 Å². The third kappa shape index (κ3) is 2.69. The zero-order valence-electron chi connectivity index (χ0n) is 11.9. The lowest BCUT2D eigenvalue weighted by molar-refractivity contribution is -0.0416. The molecule has 0 saturated carbocycles. The quantitative estimate of drug-likeness (QED) is 0.917. The fraction of sp³-hybridized carbons (Fsp3) is 0.533. The highest BCUT2D eigenvalue weighted by atomic mass is 16.5. The van der Waals surface area contributed by atoms with Crippen LogP contribution in [0.4, 0.5) is 5.95 Å². The number of benzene rings is 1. The molecule has 0 spiro atoms. The summed E-state index contributed by atoms with van der Waals surface area (Å²) in [6.07, 6.45) is 2.78. The van der Waals surface area contributed by atoms with Crippen LogP contribution in [0.2, 0.25) is 0 Å². The van der Waals surface area contributed by atoms with Crippen LogP contribution in [0.3, 0.4) is 0 Å². The number of aromatic nitrogens is 3. The molecule has 2 atom stereocenters. The largest absolute Gasteiger partial charge is 0.373 e. The zero-order valence-corrected chi connectivity index (χ0v) is 11.9. The number of morpholine rings is 1. The van der Waals surface area contributed by atoms with E-state index < -0.39 is 0 Å². The molecule has 0 bridgehead atoms. The summed E-state index contributed by atoms with van der Waals surface area (Å²) in [6, 6.07) is 8.39. The van der Waals surface area contributed by atoms with Gasteiger partial charge < -0.3 is 10.1 Å². The van der Waals surface area contributed by atoms with E-state index in [0.717, 1.165) is 30.7 Å². The Hall–Kier alpha value is -1.79. The van der Waals surface area contributed by atoms with Crippen LogP contribution in [0.25, 0.3) is 11.0 Å². The standard InChI is InChI=1S/C15H19N5O/c1-2-6-14-13(5-1)17-15(19-18-14)16-8-12-9-20-7-3-4-11(20)10-21-12/h1-2,5-6,11-12H,3-4,7-10H2,(H,16,17,19). The third-order valence-corrected chi connectivity index (χ3v) is 4.31. The van der Waals surface area contributed by atoms with E-state index in [1.807, 2.05) is 24.3 Å². The van der Waals surface area contributed by atoms with Crippen LogP contribution < -0.4 is 5.32 Å². The summed E-state index contributed by atoms with van der Waals surface area (Å²) >= 11 is 0. The predicted molar refractivity (Wildman–Crippen MR) is 80.2 cm³/mol. The van der Waals surface area contributed by atoms with Crippen LogP contribution in [-0.4, -0.2) is 58.5 Å². The van der Waals surface area contributed by atoms with E-state index in [9.17, 15) is 0 Å². The Morgan fingerprint density at radius 2 is 2.14 bits per heavy atom. The summed E-state index contributed by atoms with van der Waals surface area (Å²) in [5, 5.41) is 11.5. The molecule has 2 aromatic rings. The van der Waals surface area contributed by atoms with Crippen molar-refractivity contribution >= 4 is 17.0 Å². The van der Waals surface area contributed by atoms with E-state index in [0.29, 0.717) is 12.0 Å². The second kappa shape index (κ2) is 5.54. The van der Waals surface area contributed by atoms with Crippen molar-refractivity contribution in [1.29, 1.82) is 0 Å². The van der Waals surface area contributed by atoms with Gasteiger partial charge in [-0.05, 0) is 31.5 Å². The van der Waals surface area contributed by atoms with Gasteiger partial charge in [-0.2, -0.15) is 0 Å². The van der Waals surface area contributed by atoms with E-state index in [4.69, 9.17) is 4.74 Å². The summed E-state index contributed by atoms with van der Waals surface area (Å²) in [4.78, 5) is 7.01. The maximum atomic E-state index is 5.92. The van der Waals surface area contributed by atoms with Gasteiger partial charge in [0.2, 0.25) is 5.95 Å². The summed E-state index contributed by atoms with van der Waals surface area (Å²) in [5.41, 5.74) is 1.68. The van der Waals surface area contributed by atoms with Crippen LogP contribution in [0, 0.1) is 0 Å². The minimum atomic E-state index is 0.203. The van der Waals surface area contributed by atoms with E-state index in [1.165, 1.54) is 19.4 Å². The Morgan fingerprint density at radius 1 is 1.24 bits per heavy atom. The molecule has 3 heterocycles. The highest BCUT2D eigenvalue weighted by Crippen LogP contribution is 2.22. The van der Waals surface area contributed by atoms with Gasteiger partial charge in [0.15, 0.2) is 0 Å². The molecule has 2 aliphatic heterocycles. The highest BCUT2D eigenvalue weighted by Gasteiger charge is 2.32. The van der Waals surface area contributed by atoms with Crippen LogP contribution in [0.15, 0.2) is 24.3 Å². The fourth-order valence-corrected chi connectivity index (χ4v) is 3.17. The summed E-state index contributed by atoms with van der Waals surface area (Å²) in [6.45, 7) is 3.78. The molecule has 1 N–H and O–H groups in total. The van der Waals surface area contributed by atoms with Gasteiger partial charge in [-0.1, -0.05) is 12.1 Å². The number of para-hydroxylation sites is 1. The van der Waals surface area contributed by atoms with Gasteiger partial charge in [0.05, 0.1) is 18.2 Å². The number of nitrogens with zero attached hydrogens (tertiary/aromatic N) is 4. The number of rotatable bonds is 3. The van der Waals surface area contributed by atoms with Gasteiger partial charge in [-0.25, -0.2) is 4.98 Å². The molecular formula is C15H19N5O. The van der Waals surface area contributed by atoms with E-state index in [-0.39, 0.29) is 6.10 Å². The molecule has 6 heteroatoms. The molecule has 0 radical (unpaired) electrons. The lowest BCUT2D eigenvalue weighted by Gasteiger charge is -2.35. The monoisotopic (exact) mass is 285 g/mol. The Labute approximate surface area is 123 Å². The number of nitrogens with one attached hydrogen (secondary N) is 1. The number of anilines is 1. The first-order chi connectivity index (χ1) is 10.4. The highest BCUT2D eigenvalue weighted by molar-refractivity contribution is 5.73. The molecule has 6 nitrogen and oxygen atoms in total. The van der Waals surface area contributed by atoms with Crippen LogP contribution in [0.1, 0.15) is 12.8 Å². The number of hydrogen-bond donors (Lipinski definition) is 1. The average molecular weight is 285 g/mol. The molecule has 110 valence electrons. The van der Waals surface area contributed by atoms with Crippen molar-refractivity contribution in [1.82, 2.24) is 20.1 Å². The first-order valence-electron chi connectivity index (χ1n) is 7.57. The number of fused-ring (bicyclic) bond motifs is 2. The average Bonchev–Trinajstić information content (AvgIpc) is 3.00. The normalized spacial score (nSPS) is 25.9. The molecule has 2 aliphatic rings. The second-order valence-corrected chi connectivity index (χ2v) is 5.75. The summed E-state index contributed by atoms with van der Waals surface area (Å²) in [7, 11) is 0. The molecule has 21 heavy (non-hydrogen) atoms. The molecule has 2 unspecified atom stereocenters. The van der Waals surface area contributed by atoms with Crippen molar-refractivity contribution in [2.24, 2.45) is 0 Å². The molecule has 2 saturated heterocycles. The smallest absolute Gasteiger partial charge is 0.243 e. The van der Waals surface area contributed by atoms with E-state index >= 15 is 0 Å². The molecular weight excluding hydrogens is 266 g/mol. The zero-order chi connectivity index (χ0) is 14.1. The number of ether oxygens (including phenoxy) is 1. The molecule has 1 aromatic carbocycles. The van der Waals surface area contributed by atoms with Crippen molar-refractivity contribution in [2.75, 3.05) is 31.6 Å². The van der Waals surface area contributed by atoms with Gasteiger partial charge in [-0.3, -0.25) is 4.90 Å². The molecule has 2 fully saturated rings. The molecule has 1 aromatic heterocycles. The minimum absolute atomic E-state index is 0.203. The van der Waals surface area contributed by atoms with Crippen molar-refractivity contribution in [3.8, 4) is 0 Å². The van der Waals surface area contributed by atoms with Gasteiger partial charge in [0.25, 0.3) is 0 Å². The summed E-state index contributed by atoms with van der Waals surface area (Å²) in [5.74, 6) is 0.570. The van der Waals surface area contributed by atoms with Crippen LogP contribution >= 0.6 is 0 Å². The molecule has 0 aliphatic carbocycles. The van der Waals surface area contributed by atoms with Gasteiger partial charge >= 0.3 is 0 Å². The fourth-order valence-electron chi connectivity index (χ4n) is 3.17. The molecule has 4 rings (SSSR count).